The van der Waals surface area contributed by atoms with Crippen LogP contribution in [0.15, 0.2) is 77.0 Å². The predicted molar refractivity (Wildman–Crippen MR) is 108 cm³/mol. The van der Waals surface area contributed by atoms with Crippen molar-refractivity contribution in [3.63, 3.8) is 0 Å². The molecular weight excluding hydrogens is 374 g/mol. The topological polar surface area (TPSA) is 72.8 Å². The van der Waals surface area contributed by atoms with Gasteiger partial charge in [0.2, 0.25) is 11.8 Å². The zero-order valence-electron chi connectivity index (χ0n) is 15.1. The van der Waals surface area contributed by atoms with Gasteiger partial charge in [0.15, 0.2) is 5.57 Å². The van der Waals surface area contributed by atoms with Gasteiger partial charge in [-0.15, -0.1) is 16.4 Å². The molecule has 0 atom stereocenters. The molecule has 2 aromatic carbocycles. The van der Waals surface area contributed by atoms with E-state index in [2.05, 4.69) is 15.5 Å². The Bertz CT molecular complexity index is 1040. The van der Waals surface area contributed by atoms with Crippen molar-refractivity contribution in [2.45, 2.75) is 6.92 Å². The van der Waals surface area contributed by atoms with Crippen LogP contribution in [-0.2, 0) is 14.3 Å². The highest BCUT2D eigenvalue weighted by Crippen LogP contribution is 2.30. The second kappa shape index (κ2) is 8.06. The average molecular weight is 391 g/mol. The molecule has 140 valence electrons. The summed E-state index contributed by atoms with van der Waals surface area (Å²) in [5.41, 5.74) is 5.59. The minimum Gasteiger partial charge on any atom is -0.462 e. The quantitative estimate of drug-likeness (QED) is 0.525. The summed E-state index contributed by atoms with van der Waals surface area (Å²) >= 11 is 1.35. The van der Waals surface area contributed by atoms with Crippen molar-refractivity contribution in [2.24, 2.45) is 5.10 Å². The number of nitrogens with one attached hydrogen (secondary N) is 1. The fourth-order valence-corrected chi connectivity index (χ4v) is 3.52. The molecule has 0 fully saturated rings. The first-order valence-corrected chi connectivity index (χ1v) is 9.64. The molecule has 3 aromatic rings. The van der Waals surface area contributed by atoms with Crippen LogP contribution in [0.3, 0.4) is 0 Å². The number of ether oxygens (including phenoxy) is 2. The van der Waals surface area contributed by atoms with E-state index in [9.17, 15) is 4.79 Å². The molecule has 1 N–H and O–H groups in total. The van der Waals surface area contributed by atoms with Crippen LogP contribution in [0.4, 0.5) is 0 Å². The fraction of sp³-hybridized carbons (Fsp3) is 0.0952. The van der Waals surface area contributed by atoms with Crippen LogP contribution in [0.25, 0.3) is 16.8 Å². The van der Waals surface area contributed by atoms with E-state index in [-0.39, 0.29) is 18.1 Å². The molecule has 0 saturated heterocycles. The summed E-state index contributed by atoms with van der Waals surface area (Å²) < 4.78 is 11.1. The van der Waals surface area contributed by atoms with Crippen LogP contribution in [0, 0.1) is 0 Å². The molecule has 1 aliphatic heterocycles. The lowest BCUT2D eigenvalue weighted by Gasteiger charge is -2.08. The maximum atomic E-state index is 12.6. The molecule has 0 spiro atoms. The number of esters is 1. The highest BCUT2D eigenvalue weighted by molar-refractivity contribution is 7.11. The van der Waals surface area contributed by atoms with Crippen LogP contribution in [0.1, 0.15) is 17.5 Å². The standard InChI is InChI=1S/C21H17N3O3S/c1-2-26-21(25)17(19-24-23-18(27-19)15-11-7-4-8-12-15)20-22-16(13-28-20)14-9-5-3-6-10-14/h3-13,24H,2H2,1H3. The zero-order chi connectivity index (χ0) is 19.3. The molecular formula is C21H17N3O3S. The lowest BCUT2D eigenvalue weighted by atomic mass is 10.2. The molecule has 28 heavy (non-hydrogen) atoms. The Morgan fingerprint density at radius 2 is 1.75 bits per heavy atom. The highest BCUT2D eigenvalue weighted by atomic mass is 32.1. The maximum Gasteiger partial charge on any atom is 0.346 e. The van der Waals surface area contributed by atoms with Crippen molar-refractivity contribution in [3.05, 3.63) is 82.5 Å². The van der Waals surface area contributed by atoms with Gasteiger partial charge in [0.25, 0.3) is 0 Å². The van der Waals surface area contributed by atoms with Crippen molar-refractivity contribution < 1.29 is 14.3 Å². The summed E-state index contributed by atoms with van der Waals surface area (Å²) in [7, 11) is 0. The van der Waals surface area contributed by atoms with Gasteiger partial charge >= 0.3 is 5.97 Å². The van der Waals surface area contributed by atoms with Gasteiger partial charge in [-0.3, -0.25) is 0 Å². The first kappa shape index (κ1) is 17.9. The van der Waals surface area contributed by atoms with Crippen molar-refractivity contribution in [3.8, 4) is 11.3 Å². The molecule has 1 aromatic heterocycles. The lowest BCUT2D eigenvalue weighted by molar-refractivity contribution is -0.136. The third-order valence-corrected chi connectivity index (χ3v) is 4.83. The molecule has 6 nitrogen and oxygen atoms in total. The van der Waals surface area contributed by atoms with Crippen LogP contribution in [0.5, 0.6) is 0 Å². The molecule has 0 bridgehead atoms. The molecule has 1 aliphatic rings. The number of hydrogen-bond donors (Lipinski definition) is 1. The molecule has 0 amide bonds. The van der Waals surface area contributed by atoms with Crippen LogP contribution in [0.2, 0.25) is 0 Å². The third kappa shape index (κ3) is 3.65. The number of thiazole rings is 1. The monoisotopic (exact) mass is 391 g/mol. The smallest absolute Gasteiger partial charge is 0.346 e. The van der Waals surface area contributed by atoms with Crippen molar-refractivity contribution in [1.82, 2.24) is 10.4 Å². The summed E-state index contributed by atoms with van der Waals surface area (Å²) in [6.45, 7) is 2.01. The Labute approximate surface area is 166 Å². The van der Waals surface area contributed by atoms with E-state index in [0.29, 0.717) is 10.9 Å². The van der Waals surface area contributed by atoms with E-state index in [4.69, 9.17) is 9.47 Å². The van der Waals surface area contributed by atoms with E-state index in [1.165, 1.54) is 11.3 Å². The van der Waals surface area contributed by atoms with Crippen LogP contribution < -0.4 is 5.43 Å². The largest absolute Gasteiger partial charge is 0.462 e. The van der Waals surface area contributed by atoms with Gasteiger partial charge in [0.1, 0.15) is 5.01 Å². The van der Waals surface area contributed by atoms with Gasteiger partial charge in [-0.25, -0.2) is 15.2 Å². The van der Waals surface area contributed by atoms with Crippen LogP contribution in [-0.4, -0.2) is 23.5 Å². The number of hydrazone groups is 1. The minimum absolute atomic E-state index is 0.214. The number of benzene rings is 2. The summed E-state index contributed by atoms with van der Waals surface area (Å²) in [6, 6.07) is 19.2. The van der Waals surface area contributed by atoms with E-state index in [1.54, 1.807) is 6.92 Å². The Hall–Kier alpha value is -3.45. The molecule has 0 aliphatic carbocycles. The lowest BCUT2D eigenvalue weighted by Crippen LogP contribution is -2.14. The Balaban J connectivity index is 1.69. The third-order valence-electron chi connectivity index (χ3n) is 3.97. The molecule has 7 heteroatoms. The SMILES string of the molecule is CCOC(=O)C(=C1NN=C(c2ccccc2)O1)c1nc(-c2ccccc2)cs1. The molecule has 0 unspecified atom stereocenters. The number of carbonyl (C=O) groups is 1. The number of hydrogen-bond acceptors (Lipinski definition) is 7. The molecule has 0 radical (unpaired) electrons. The van der Waals surface area contributed by atoms with Crippen molar-refractivity contribution in [1.29, 1.82) is 0 Å². The number of nitrogens with zero attached hydrogens (tertiary/aromatic N) is 2. The van der Waals surface area contributed by atoms with Crippen LogP contribution >= 0.6 is 11.3 Å². The van der Waals surface area contributed by atoms with Gasteiger partial charge in [0, 0.05) is 16.5 Å². The van der Waals surface area contributed by atoms with E-state index >= 15 is 0 Å². The Morgan fingerprint density at radius 1 is 1.07 bits per heavy atom. The van der Waals surface area contributed by atoms with Gasteiger partial charge in [-0.05, 0) is 19.1 Å². The van der Waals surface area contributed by atoms with E-state index in [0.717, 1.165) is 16.8 Å². The molecule has 0 saturated carbocycles. The van der Waals surface area contributed by atoms with E-state index < -0.39 is 5.97 Å². The van der Waals surface area contributed by atoms with Gasteiger partial charge in [-0.1, -0.05) is 48.5 Å². The minimum atomic E-state index is -0.511. The van der Waals surface area contributed by atoms with Crippen molar-refractivity contribution in [2.75, 3.05) is 6.61 Å². The highest BCUT2D eigenvalue weighted by Gasteiger charge is 2.28. The van der Waals surface area contributed by atoms with Gasteiger partial charge in [0.05, 0.1) is 12.3 Å². The summed E-state index contributed by atoms with van der Waals surface area (Å²) in [6.07, 6.45) is 0. The second-order valence-electron chi connectivity index (χ2n) is 5.83. The summed E-state index contributed by atoms with van der Waals surface area (Å²) in [5, 5.41) is 6.60. The first-order chi connectivity index (χ1) is 13.8. The van der Waals surface area contributed by atoms with Crippen molar-refractivity contribution >= 4 is 28.8 Å². The van der Waals surface area contributed by atoms with Gasteiger partial charge in [-0.2, -0.15) is 0 Å². The zero-order valence-corrected chi connectivity index (χ0v) is 15.9. The second-order valence-corrected chi connectivity index (χ2v) is 6.68. The number of rotatable bonds is 5. The predicted octanol–water partition coefficient (Wildman–Crippen LogP) is 4.02. The molecule has 2 heterocycles. The Morgan fingerprint density at radius 3 is 2.43 bits per heavy atom. The number of carbonyl (C=O) groups excluding carboxylic acids is 1. The maximum absolute atomic E-state index is 12.6. The fourth-order valence-electron chi connectivity index (χ4n) is 2.67. The first-order valence-electron chi connectivity index (χ1n) is 8.76. The summed E-state index contributed by atoms with van der Waals surface area (Å²) in [5.74, 6) is 0.0898. The Kier molecular flexibility index (Phi) is 5.16. The number of aromatic nitrogens is 1. The van der Waals surface area contributed by atoms with Gasteiger partial charge < -0.3 is 9.47 Å². The normalized spacial score (nSPS) is 14.7. The van der Waals surface area contributed by atoms with E-state index in [1.807, 2.05) is 66.0 Å². The average Bonchev–Trinajstić information content (AvgIpc) is 3.41. The molecule has 4 rings (SSSR count). The summed E-state index contributed by atoms with van der Waals surface area (Å²) in [4.78, 5) is 17.3.